The highest BCUT2D eigenvalue weighted by Crippen LogP contribution is 2.20. The number of ether oxygens (including phenoxy) is 1. The smallest absolute Gasteiger partial charge is 0.276 e. The number of amides is 2. The maximum atomic E-state index is 11.3. The van der Waals surface area contributed by atoms with Gasteiger partial charge in [-0.3, -0.25) is 20.4 Å². The Kier molecular flexibility index (Phi) is 4.51. The van der Waals surface area contributed by atoms with Gasteiger partial charge in [0.05, 0.1) is 0 Å². The summed E-state index contributed by atoms with van der Waals surface area (Å²) in [4.78, 5) is 21.8. The number of aryl methyl sites for hydroxylation is 1. The lowest BCUT2D eigenvalue weighted by Gasteiger charge is -2.10. The minimum absolute atomic E-state index is 0.134. The molecule has 2 N–H and O–H groups in total. The Bertz CT molecular complexity index is 430. The molecule has 0 saturated carbocycles. The first kappa shape index (κ1) is 13.0. The Labute approximate surface area is 100 Å². The zero-order valence-corrected chi connectivity index (χ0v) is 10.2. The first-order valence-electron chi connectivity index (χ1n) is 5.25. The van der Waals surface area contributed by atoms with Crippen molar-refractivity contribution in [1.29, 1.82) is 0 Å². The highest BCUT2D eigenvalue weighted by molar-refractivity contribution is 5.81. The topological polar surface area (TPSA) is 67.4 Å². The van der Waals surface area contributed by atoms with E-state index >= 15 is 0 Å². The van der Waals surface area contributed by atoms with E-state index in [2.05, 4.69) is 10.9 Å². The zero-order valence-electron chi connectivity index (χ0n) is 10.2. The van der Waals surface area contributed by atoms with Gasteiger partial charge in [0.1, 0.15) is 5.75 Å². The van der Waals surface area contributed by atoms with Gasteiger partial charge in [-0.25, -0.2) is 0 Å². The summed E-state index contributed by atoms with van der Waals surface area (Å²) in [6.07, 6.45) is 0. The number of carbonyl (C=O) groups is 2. The number of carbonyl (C=O) groups excluding carboxylic acids is 2. The normalized spacial score (nSPS) is 9.59. The third-order valence-electron chi connectivity index (χ3n) is 2.29. The van der Waals surface area contributed by atoms with E-state index in [1.807, 2.05) is 26.0 Å². The molecule has 0 atom stereocenters. The summed E-state index contributed by atoms with van der Waals surface area (Å²) < 4.78 is 5.35. The van der Waals surface area contributed by atoms with E-state index in [1.165, 1.54) is 6.92 Å². The molecule has 0 unspecified atom stereocenters. The van der Waals surface area contributed by atoms with Crippen LogP contribution in [0, 0.1) is 13.8 Å². The van der Waals surface area contributed by atoms with Gasteiger partial charge >= 0.3 is 0 Å². The van der Waals surface area contributed by atoms with Crippen LogP contribution in [0.15, 0.2) is 18.2 Å². The van der Waals surface area contributed by atoms with Crippen molar-refractivity contribution in [2.45, 2.75) is 20.8 Å². The lowest BCUT2D eigenvalue weighted by molar-refractivity contribution is -0.129. The van der Waals surface area contributed by atoms with Crippen LogP contribution < -0.4 is 15.6 Å². The molecule has 0 aromatic heterocycles. The summed E-state index contributed by atoms with van der Waals surface area (Å²) >= 11 is 0. The highest BCUT2D eigenvalue weighted by atomic mass is 16.5. The van der Waals surface area contributed by atoms with E-state index in [4.69, 9.17) is 4.74 Å². The third-order valence-corrected chi connectivity index (χ3v) is 2.29. The van der Waals surface area contributed by atoms with Crippen LogP contribution in [-0.4, -0.2) is 18.4 Å². The molecular formula is C12H16N2O3. The van der Waals surface area contributed by atoms with Crippen molar-refractivity contribution in [3.63, 3.8) is 0 Å². The van der Waals surface area contributed by atoms with E-state index in [0.717, 1.165) is 11.1 Å². The standard InChI is InChI=1S/C12H16N2O3/c1-8-5-4-6-11(9(8)2)17-7-12(16)14-13-10(3)15/h4-6H,7H2,1-3H3,(H,13,15)(H,14,16). The SMILES string of the molecule is CC(=O)NNC(=O)COc1cccc(C)c1C. The van der Waals surface area contributed by atoms with Crippen LogP contribution in [0.3, 0.4) is 0 Å². The predicted molar refractivity (Wildman–Crippen MR) is 63.4 cm³/mol. The molecule has 92 valence electrons. The number of benzene rings is 1. The number of nitrogens with one attached hydrogen (secondary N) is 2. The monoisotopic (exact) mass is 236 g/mol. The van der Waals surface area contributed by atoms with Crippen LogP contribution in [0.4, 0.5) is 0 Å². The lowest BCUT2D eigenvalue weighted by atomic mass is 10.1. The molecule has 0 bridgehead atoms. The first-order chi connectivity index (χ1) is 8.00. The van der Waals surface area contributed by atoms with Gasteiger partial charge < -0.3 is 4.74 Å². The van der Waals surface area contributed by atoms with E-state index in [9.17, 15) is 9.59 Å². The molecule has 17 heavy (non-hydrogen) atoms. The lowest BCUT2D eigenvalue weighted by Crippen LogP contribution is -2.42. The molecule has 0 radical (unpaired) electrons. The zero-order chi connectivity index (χ0) is 12.8. The molecule has 5 nitrogen and oxygen atoms in total. The van der Waals surface area contributed by atoms with Gasteiger partial charge in [-0.05, 0) is 31.0 Å². The largest absolute Gasteiger partial charge is 0.483 e. The van der Waals surface area contributed by atoms with Crippen LogP contribution >= 0.6 is 0 Å². The molecule has 0 fully saturated rings. The molecule has 0 aliphatic rings. The Hall–Kier alpha value is -2.04. The van der Waals surface area contributed by atoms with Gasteiger partial charge in [0.2, 0.25) is 5.91 Å². The third kappa shape index (κ3) is 4.14. The fourth-order valence-electron chi connectivity index (χ4n) is 1.22. The van der Waals surface area contributed by atoms with Crippen molar-refractivity contribution in [3.8, 4) is 5.75 Å². The van der Waals surface area contributed by atoms with Crippen molar-refractivity contribution in [2.75, 3.05) is 6.61 Å². The molecule has 1 aromatic rings. The second kappa shape index (κ2) is 5.89. The van der Waals surface area contributed by atoms with Gasteiger partial charge in [0, 0.05) is 6.92 Å². The van der Waals surface area contributed by atoms with Gasteiger partial charge in [-0.15, -0.1) is 0 Å². The Balaban J connectivity index is 2.47. The van der Waals surface area contributed by atoms with Crippen LogP contribution in [0.1, 0.15) is 18.1 Å². The van der Waals surface area contributed by atoms with E-state index in [0.29, 0.717) is 5.75 Å². The van der Waals surface area contributed by atoms with Gasteiger partial charge in [0.15, 0.2) is 6.61 Å². The average molecular weight is 236 g/mol. The van der Waals surface area contributed by atoms with Crippen molar-refractivity contribution in [3.05, 3.63) is 29.3 Å². The van der Waals surface area contributed by atoms with Crippen molar-refractivity contribution >= 4 is 11.8 Å². The van der Waals surface area contributed by atoms with E-state index in [-0.39, 0.29) is 12.5 Å². The Morgan fingerprint density at radius 2 is 1.94 bits per heavy atom. The molecule has 1 aromatic carbocycles. The number of hydrogen-bond donors (Lipinski definition) is 2. The van der Waals surface area contributed by atoms with Crippen molar-refractivity contribution in [2.24, 2.45) is 0 Å². The Morgan fingerprint density at radius 1 is 1.24 bits per heavy atom. The quantitative estimate of drug-likeness (QED) is 0.764. The molecule has 0 saturated heterocycles. The number of hydrazine groups is 1. The molecule has 0 heterocycles. The molecule has 0 aliphatic carbocycles. The number of hydrogen-bond acceptors (Lipinski definition) is 3. The molecule has 0 aliphatic heterocycles. The summed E-state index contributed by atoms with van der Waals surface area (Å²) in [5.74, 6) is -0.0610. The molecule has 1 rings (SSSR count). The maximum Gasteiger partial charge on any atom is 0.276 e. The highest BCUT2D eigenvalue weighted by Gasteiger charge is 2.05. The molecule has 0 spiro atoms. The fraction of sp³-hybridized carbons (Fsp3) is 0.333. The minimum atomic E-state index is -0.402. The molecule has 2 amide bonds. The summed E-state index contributed by atoms with van der Waals surface area (Å²) in [5.41, 5.74) is 6.51. The van der Waals surface area contributed by atoms with Crippen LogP contribution in [0.5, 0.6) is 5.75 Å². The summed E-state index contributed by atoms with van der Waals surface area (Å²) in [5, 5.41) is 0. The fourth-order valence-corrected chi connectivity index (χ4v) is 1.22. The molecule has 5 heteroatoms. The summed E-state index contributed by atoms with van der Waals surface area (Å²) in [7, 11) is 0. The summed E-state index contributed by atoms with van der Waals surface area (Å²) in [6.45, 7) is 5.08. The van der Waals surface area contributed by atoms with Crippen LogP contribution in [0.2, 0.25) is 0 Å². The average Bonchev–Trinajstić information content (AvgIpc) is 2.28. The second-order valence-electron chi connectivity index (χ2n) is 3.72. The van der Waals surface area contributed by atoms with Crippen molar-refractivity contribution in [1.82, 2.24) is 10.9 Å². The predicted octanol–water partition coefficient (Wildman–Crippen LogP) is 0.850. The number of rotatable bonds is 3. The first-order valence-corrected chi connectivity index (χ1v) is 5.25. The molecular weight excluding hydrogens is 220 g/mol. The van der Waals surface area contributed by atoms with Gasteiger partial charge in [0.25, 0.3) is 5.91 Å². The van der Waals surface area contributed by atoms with E-state index < -0.39 is 5.91 Å². The minimum Gasteiger partial charge on any atom is -0.483 e. The van der Waals surface area contributed by atoms with Crippen LogP contribution in [0.25, 0.3) is 0 Å². The second-order valence-corrected chi connectivity index (χ2v) is 3.72. The van der Waals surface area contributed by atoms with Gasteiger partial charge in [-0.2, -0.15) is 0 Å². The van der Waals surface area contributed by atoms with Crippen molar-refractivity contribution < 1.29 is 14.3 Å². The Morgan fingerprint density at radius 3 is 2.59 bits per heavy atom. The van der Waals surface area contributed by atoms with E-state index in [1.54, 1.807) is 6.07 Å². The van der Waals surface area contributed by atoms with Crippen LogP contribution in [-0.2, 0) is 9.59 Å². The maximum absolute atomic E-state index is 11.3. The van der Waals surface area contributed by atoms with Gasteiger partial charge in [-0.1, -0.05) is 12.1 Å². The summed E-state index contributed by atoms with van der Waals surface area (Å²) in [6, 6.07) is 5.64.